The van der Waals surface area contributed by atoms with Gasteiger partial charge in [-0.2, -0.15) is 0 Å². The number of aromatic nitrogens is 2. The Labute approximate surface area is 117 Å². The molecule has 0 aliphatic carbocycles. The number of aliphatic imine (C=N–C) groups is 1. The van der Waals surface area contributed by atoms with E-state index in [1.54, 1.807) is 10.9 Å². The van der Waals surface area contributed by atoms with Crippen molar-refractivity contribution in [2.45, 2.75) is 18.5 Å². The molecule has 0 aromatic carbocycles. The lowest BCUT2D eigenvalue weighted by Crippen LogP contribution is -2.43. The molecule has 0 radical (unpaired) electrons. The van der Waals surface area contributed by atoms with Crippen LogP contribution in [0.2, 0.25) is 0 Å². The average molecular weight is 300 g/mol. The number of aliphatic hydroxyl groups excluding tert-OH is 1. The van der Waals surface area contributed by atoms with Crippen LogP contribution < -0.4 is 11.1 Å². The largest absolute Gasteiger partial charge is 0.394 e. The van der Waals surface area contributed by atoms with Crippen molar-refractivity contribution < 1.29 is 14.7 Å². The number of hydrogen-bond donors (Lipinski definition) is 4. The summed E-state index contributed by atoms with van der Waals surface area (Å²) in [6.07, 6.45) is 2.06. The summed E-state index contributed by atoms with van der Waals surface area (Å²) >= 11 is 0. The number of ether oxygens (including phenoxy) is 1. The van der Waals surface area contributed by atoms with Gasteiger partial charge in [-0.05, 0) is 0 Å². The predicted octanol–water partition coefficient (Wildman–Crippen LogP) is -1.20. The minimum Gasteiger partial charge on any atom is -0.394 e. The van der Waals surface area contributed by atoms with Gasteiger partial charge in [-0.15, -0.1) is 0 Å². The molecule has 1 saturated heterocycles. The first-order chi connectivity index (χ1) is 9.72. The molecule has 3 rings (SSSR count). The van der Waals surface area contributed by atoms with Crippen LogP contribution in [0.25, 0.3) is 0 Å². The van der Waals surface area contributed by atoms with Crippen LogP contribution in [0.15, 0.2) is 11.3 Å². The molecule has 1 aromatic heterocycles. The van der Waals surface area contributed by atoms with Crippen molar-refractivity contribution in [3.8, 4) is 0 Å². The SMILES string of the molecule is NC1NC=Nc2c1ncn2C1CN(PO)CC(CO)O1. The number of rotatable bonds is 3. The summed E-state index contributed by atoms with van der Waals surface area (Å²) in [5, 5.41) is 12.2. The maximum atomic E-state index is 9.33. The zero-order valence-electron chi connectivity index (χ0n) is 10.7. The van der Waals surface area contributed by atoms with Gasteiger partial charge in [-0.1, -0.05) is 0 Å². The number of hydrogen-bond acceptors (Lipinski definition) is 8. The summed E-state index contributed by atoms with van der Waals surface area (Å²) in [7, 11) is -0.327. The van der Waals surface area contributed by atoms with Gasteiger partial charge in [0.25, 0.3) is 0 Å². The number of aliphatic hydroxyl groups is 1. The van der Waals surface area contributed by atoms with E-state index in [-0.39, 0.29) is 27.9 Å². The van der Waals surface area contributed by atoms with Gasteiger partial charge >= 0.3 is 0 Å². The monoisotopic (exact) mass is 300 g/mol. The number of imidazole rings is 1. The first kappa shape index (κ1) is 13.9. The molecule has 0 saturated carbocycles. The Morgan fingerprint density at radius 2 is 2.40 bits per heavy atom. The van der Waals surface area contributed by atoms with E-state index < -0.39 is 6.17 Å². The molecule has 20 heavy (non-hydrogen) atoms. The van der Waals surface area contributed by atoms with Gasteiger partial charge in [0.15, 0.2) is 5.82 Å². The van der Waals surface area contributed by atoms with Crippen LogP contribution in [-0.4, -0.2) is 56.4 Å². The fourth-order valence-corrected chi connectivity index (χ4v) is 2.87. The van der Waals surface area contributed by atoms with Gasteiger partial charge in [-0.3, -0.25) is 9.24 Å². The van der Waals surface area contributed by atoms with Crippen molar-refractivity contribution in [3.63, 3.8) is 0 Å². The highest BCUT2D eigenvalue weighted by molar-refractivity contribution is 7.28. The molecule has 2 aliphatic rings. The molecule has 0 amide bonds. The van der Waals surface area contributed by atoms with E-state index in [1.807, 2.05) is 4.67 Å². The van der Waals surface area contributed by atoms with E-state index in [1.165, 1.54) is 6.34 Å². The summed E-state index contributed by atoms with van der Waals surface area (Å²) in [5.41, 5.74) is 6.54. The van der Waals surface area contributed by atoms with Crippen LogP contribution in [0, 0.1) is 0 Å². The van der Waals surface area contributed by atoms with Crippen molar-refractivity contribution in [1.82, 2.24) is 19.5 Å². The smallest absolute Gasteiger partial charge is 0.163 e. The normalized spacial score (nSPS) is 30.6. The van der Waals surface area contributed by atoms with Crippen molar-refractivity contribution in [2.24, 2.45) is 10.7 Å². The number of morpholine rings is 1. The van der Waals surface area contributed by atoms with E-state index in [2.05, 4.69) is 15.3 Å². The first-order valence-corrected chi connectivity index (χ1v) is 7.14. The maximum Gasteiger partial charge on any atom is 0.163 e. The number of nitrogens with zero attached hydrogens (tertiary/aromatic N) is 4. The van der Waals surface area contributed by atoms with Gasteiger partial charge in [0.05, 0.1) is 34.3 Å². The predicted molar refractivity (Wildman–Crippen MR) is 73.5 cm³/mol. The standard InChI is InChI=1S/C10H17N6O3P/c11-9-8-10(13-4-12-9)16(5-14-8)7-2-15(20-18)1-6(3-17)19-7/h4-7,9,17-18,20H,1-3,11H2,(H,12,13). The maximum absolute atomic E-state index is 9.33. The fraction of sp³-hybridized carbons (Fsp3) is 0.600. The van der Waals surface area contributed by atoms with Crippen molar-refractivity contribution in [3.05, 3.63) is 12.0 Å². The molecule has 110 valence electrons. The molecule has 10 heteroatoms. The Kier molecular flexibility index (Phi) is 3.97. The van der Waals surface area contributed by atoms with E-state index in [0.29, 0.717) is 24.6 Å². The highest BCUT2D eigenvalue weighted by atomic mass is 31.1. The van der Waals surface area contributed by atoms with E-state index in [4.69, 9.17) is 10.5 Å². The molecule has 4 unspecified atom stereocenters. The molecule has 3 heterocycles. The van der Waals surface area contributed by atoms with Gasteiger partial charge in [0.2, 0.25) is 0 Å². The summed E-state index contributed by atoms with van der Waals surface area (Å²) in [5.74, 6) is 0.640. The van der Waals surface area contributed by atoms with Crippen molar-refractivity contribution >= 4 is 21.1 Å². The minimum absolute atomic E-state index is 0.0985. The third-order valence-electron chi connectivity index (χ3n) is 3.34. The Morgan fingerprint density at radius 3 is 3.15 bits per heavy atom. The molecule has 1 aromatic rings. The lowest BCUT2D eigenvalue weighted by Gasteiger charge is -2.36. The molecule has 4 atom stereocenters. The van der Waals surface area contributed by atoms with Crippen molar-refractivity contribution in [2.75, 3.05) is 19.7 Å². The van der Waals surface area contributed by atoms with Gasteiger partial charge in [0.1, 0.15) is 18.1 Å². The molecule has 9 nitrogen and oxygen atoms in total. The van der Waals surface area contributed by atoms with Crippen LogP contribution in [0.3, 0.4) is 0 Å². The molecular weight excluding hydrogens is 283 g/mol. The van der Waals surface area contributed by atoms with E-state index in [9.17, 15) is 10.00 Å². The minimum atomic E-state index is -0.392. The Hall–Kier alpha value is -1.09. The third kappa shape index (κ3) is 2.44. The van der Waals surface area contributed by atoms with E-state index >= 15 is 0 Å². The second-order valence-corrected chi connectivity index (χ2v) is 5.50. The highest BCUT2D eigenvalue weighted by Gasteiger charge is 2.31. The number of fused-ring (bicyclic) bond motifs is 1. The molecule has 1 fully saturated rings. The van der Waals surface area contributed by atoms with Gasteiger partial charge < -0.3 is 25.8 Å². The number of nitrogens with one attached hydrogen (secondary N) is 1. The zero-order chi connectivity index (χ0) is 14.1. The van der Waals surface area contributed by atoms with E-state index in [0.717, 1.165) is 0 Å². The average Bonchev–Trinajstić information content (AvgIpc) is 2.92. The highest BCUT2D eigenvalue weighted by Crippen LogP contribution is 2.32. The molecular formula is C10H17N6O3P. The van der Waals surface area contributed by atoms with Crippen LogP contribution in [0.1, 0.15) is 18.1 Å². The van der Waals surface area contributed by atoms with Crippen LogP contribution in [-0.2, 0) is 4.74 Å². The fourth-order valence-electron chi connectivity index (χ4n) is 2.34. The second-order valence-electron chi connectivity index (χ2n) is 4.66. The van der Waals surface area contributed by atoms with Crippen molar-refractivity contribution in [1.29, 1.82) is 0 Å². The van der Waals surface area contributed by atoms with Gasteiger partial charge in [0, 0.05) is 13.1 Å². The zero-order valence-corrected chi connectivity index (χ0v) is 11.7. The summed E-state index contributed by atoms with van der Waals surface area (Å²) in [6, 6.07) is 0. The lowest BCUT2D eigenvalue weighted by molar-refractivity contribution is -0.116. The lowest BCUT2D eigenvalue weighted by atomic mass is 10.3. The second kappa shape index (κ2) is 5.72. The summed E-state index contributed by atoms with van der Waals surface area (Å²) in [4.78, 5) is 17.8. The molecule has 0 bridgehead atoms. The number of nitrogens with two attached hydrogens (primary N) is 1. The quantitative estimate of drug-likeness (QED) is 0.517. The van der Waals surface area contributed by atoms with Crippen LogP contribution in [0.4, 0.5) is 5.82 Å². The topological polar surface area (TPSA) is 121 Å². The Bertz CT molecular complexity index is 497. The molecule has 2 aliphatic heterocycles. The third-order valence-corrected chi connectivity index (χ3v) is 3.98. The first-order valence-electron chi connectivity index (χ1n) is 6.25. The summed E-state index contributed by atoms with van der Waals surface area (Å²) < 4.78 is 9.41. The molecule has 0 spiro atoms. The Morgan fingerprint density at radius 1 is 1.55 bits per heavy atom. The summed E-state index contributed by atoms with van der Waals surface area (Å²) in [6.45, 7) is 0.911. The Balaban J connectivity index is 1.87. The van der Waals surface area contributed by atoms with Crippen LogP contribution in [0.5, 0.6) is 0 Å². The van der Waals surface area contributed by atoms with Crippen LogP contribution >= 0.6 is 8.96 Å². The molecule has 5 N–H and O–H groups in total. The van der Waals surface area contributed by atoms with Gasteiger partial charge in [-0.25, -0.2) is 9.98 Å².